The van der Waals surface area contributed by atoms with Crippen LogP contribution in [0.1, 0.15) is 22.3 Å². The lowest BCUT2D eigenvalue weighted by Gasteiger charge is -2.12. The molecule has 3 aromatic carbocycles. The van der Waals surface area contributed by atoms with E-state index in [0.717, 1.165) is 11.1 Å². The molecule has 156 valence electrons. The van der Waals surface area contributed by atoms with Crippen LogP contribution in [0.3, 0.4) is 0 Å². The van der Waals surface area contributed by atoms with Crippen molar-refractivity contribution in [2.75, 3.05) is 12.4 Å². The molecule has 0 fully saturated rings. The number of amides is 1. The van der Waals surface area contributed by atoms with E-state index in [0.29, 0.717) is 29.4 Å². The van der Waals surface area contributed by atoms with E-state index >= 15 is 0 Å². The number of para-hydroxylation sites is 1. The van der Waals surface area contributed by atoms with Crippen molar-refractivity contribution in [2.45, 2.75) is 20.5 Å². The number of nitrogens with one attached hydrogen (secondary N) is 1. The number of hydrogen-bond donors (Lipinski definition) is 1. The van der Waals surface area contributed by atoms with E-state index in [2.05, 4.69) is 11.4 Å². The highest BCUT2D eigenvalue weighted by molar-refractivity contribution is 6.10. The van der Waals surface area contributed by atoms with Crippen molar-refractivity contribution < 1.29 is 14.3 Å². The molecule has 3 rings (SSSR count). The van der Waals surface area contributed by atoms with Crippen LogP contribution in [0.4, 0.5) is 5.69 Å². The van der Waals surface area contributed by atoms with Gasteiger partial charge in [0.2, 0.25) is 0 Å². The summed E-state index contributed by atoms with van der Waals surface area (Å²) < 4.78 is 11.4. The molecule has 1 amide bonds. The van der Waals surface area contributed by atoms with Gasteiger partial charge in [-0.2, -0.15) is 5.26 Å². The predicted octanol–water partition coefficient (Wildman–Crippen LogP) is 5.44. The summed E-state index contributed by atoms with van der Waals surface area (Å²) in [7, 11) is 1.55. The van der Waals surface area contributed by atoms with Gasteiger partial charge in [0.05, 0.1) is 7.11 Å². The minimum Gasteiger partial charge on any atom is -0.493 e. The van der Waals surface area contributed by atoms with Gasteiger partial charge in [0.15, 0.2) is 11.5 Å². The highest BCUT2D eigenvalue weighted by atomic mass is 16.5. The third kappa shape index (κ3) is 5.74. The SMILES string of the molecule is COc1cc(/C=C(/C#N)C(=O)Nc2ccccc2C)ccc1OCc1cccc(C)c1. The number of carbonyl (C=O) groups excluding carboxylic acids is 1. The van der Waals surface area contributed by atoms with Gasteiger partial charge in [-0.25, -0.2) is 0 Å². The topological polar surface area (TPSA) is 71.3 Å². The molecule has 0 saturated heterocycles. The van der Waals surface area contributed by atoms with E-state index in [1.54, 1.807) is 31.4 Å². The molecular weight excluding hydrogens is 388 g/mol. The van der Waals surface area contributed by atoms with E-state index < -0.39 is 5.91 Å². The quantitative estimate of drug-likeness (QED) is 0.414. The molecular formula is C26H24N2O3. The van der Waals surface area contributed by atoms with Crippen LogP contribution in [-0.4, -0.2) is 13.0 Å². The smallest absolute Gasteiger partial charge is 0.266 e. The Morgan fingerprint density at radius 1 is 1.03 bits per heavy atom. The molecule has 0 aromatic heterocycles. The zero-order valence-corrected chi connectivity index (χ0v) is 17.8. The summed E-state index contributed by atoms with van der Waals surface area (Å²) >= 11 is 0. The average molecular weight is 412 g/mol. The zero-order chi connectivity index (χ0) is 22.2. The number of methoxy groups -OCH3 is 1. The minimum absolute atomic E-state index is 0.00117. The van der Waals surface area contributed by atoms with Gasteiger partial charge in [0, 0.05) is 5.69 Å². The highest BCUT2D eigenvalue weighted by Gasteiger charge is 2.12. The number of rotatable bonds is 7. The van der Waals surface area contributed by atoms with Crippen molar-refractivity contribution in [3.8, 4) is 17.6 Å². The monoisotopic (exact) mass is 412 g/mol. The van der Waals surface area contributed by atoms with Crippen LogP contribution < -0.4 is 14.8 Å². The van der Waals surface area contributed by atoms with E-state index in [1.165, 1.54) is 11.6 Å². The molecule has 0 saturated carbocycles. The first-order valence-corrected chi connectivity index (χ1v) is 9.85. The first-order valence-electron chi connectivity index (χ1n) is 9.85. The number of carbonyl (C=O) groups is 1. The van der Waals surface area contributed by atoms with Gasteiger partial charge in [0.25, 0.3) is 5.91 Å². The van der Waals surface area contributed by atoms with Gasteiger partial charge in [-0.3, -0.25) is 4.79 Å². The predicted molar refractivity (Wildman–Crippen MR) is 122 cm³/mol. The Kier molecular flexibility index (Phi) is 7.08. The number of benzene rings is 3. The van der Waals surface area contributed by atoms with E-state index in [-0.39, 0.29) is 5.57 Å². The summed E-state index contributed by atoms with van der Waals surface area (Å²) in [5, 5.41) is 12.3. The fourth-order valence-corrected chi connectivity index (χ4v) is 3.07. The number of hydrogen-bond acceptors (Lipinski definition) is 4. The molecule has 0 bridgehead atoms. The fraction of sp³-hybridized carbons (Fsp3) is 0.154. The molecule has 3 aromatic rings. The number of nitrogens with zero attached hydrogens (tertiary/aromatic N) is 1. The molecule has 0 aliphatic rings. The van der Waals surface area contributed by atoms with Crippen molar-refractivity contribution in [1.82, 2.24) is 0 Å². The standard InChI is InChI=1S/C26H24N2O3/c1-18-7-6-9-21(13-18)17-31-24-12-11-20(15-25(24)30-3)14-22(16-27)26(29)28-23-10-5-4-8-19(23)2/h4-15H,17H2,1-3H3,(H,28,29)/b22-14-. The van der Waals surface area contributed by atoms with Gasteiger partial charge in [-0.15, -0.1) is 0 Å². The summed E-state index contributed by atoms with van der Waals surface area (Å²) in [6.45, 7) is 4.34. The minimum atomic E-state index is -0.462. The van der Waals surface area contributed by atoms with Crippen LogP contribution >= 0.6 is 0 Å². The second kappa shape index (κ2) is 10.1. The van der Waals surface area contributed by atoms with Crippen molar-refractivity contribution in [3.63, 3.8) is 0 Å². The molecule has 0 aliphatic heterocycles. The molecule has 0 spiro atoms. The van der Waals surface area contributed by atoms with E-state index in [1.807, 2.05) is 56.3 Å². The van der Waals surface area contributed by atoms with Crippen molar-refractivity contribution in [2.24, 2.45) is 0 Å². The molecule has 1 N–H and O–H groups in total. The van der Waals surface area contributed by atoms with Crippen LogP contribution in [0.5, 0.6) is 11.5 Å². The Balaban J connectivity index is 1.76. The van der Waals surface area contributed by atoms with Crippen molar-refractivity contribution in [1.29, 1.82) is 5.26 Å². The summed E-state index contributed by atoms with van der Waals surface area (Å²) in [4.78, 5) is 12.6. The third-order valence-electron chi connectivity index (χ3n) is 4.73. The first-order chi connectivity index (χ1) is 15.0. The van der Waals surface area contributed by atoms with Gasteiger partial charge < -0.3 is 14.8 Å². The molecule has 5 heteroatoms. The number of nitriles is 1. The van der Waals surface area contributed by atoms with Crippen LogP contribution in [0.2, 0.25) is 0 Å². The van der Waals surface area contributed by atoms with Gasteiger partial charge >= 0.3 is 0 Å². The third-order valence-corrected chi connectivity index (χ3v) is 4.73. The van der Waals surface area contributed by atoms with Gasteiger partial charge in [-0.1, -0.05) is 54.1 Å². The second-order valence-corrected chi connectivity index (χ2v) is 7.13. The molecule has 0 radical (unpaired) electrons. The molecule has 0 aliphatic carbocycles. The molecule has 5 nitrogen and oxygen atoms in total. The molecule has 31 heavy (non-hydrogen) atoms. The van der Waals surface area contributed by atoms with Gasteiger partial charge in [0.1, 0.15) is 18.2 Å². The summed E-state index contributed by atoms with van der Waals surface area (Å²) in [6, 6.07) is 22.8. The molecule has 0 unspecified atom stereocenters. The Bertz CT molecular complexity index is 1160. The van der Waals surface area contributed by atoms with Crippen molar-refractivity contribution >= 4 is 17.7 Å². The van der Waals surface area contributed by atoms with Crippen LogP contribution in [0, 0.1) is 25.2 Å². The average Bonchev–Trinajstić information content (AvgIpc) is 2.77. The van der Waals surface area contributed by atoms with E-state index in [9.17, 15) is 10.1 Å². The second-order valence-electron chi connectivity index (χ2n) is 7.13. The maximum absolute atomic E-state index is 12.6. The molecule has 0 heterocycles. The number of ether oxygens (including phenoxy) is 2. The first kappa shape index (κ1) is 21.7. The largest absolute Gasteiger partial charge is 0.493 e. The highest BCUT2D eigenvalue weighted by Crippen LogP contribution is 2.30. The summed E-state index contributed by atoms with van der Waals surface area (Å²) in [6.07, 6.45) is 1.53. The van der Waals surface area contributed by atoms with Crippen LogP contribution in [0.25, 0.3) is 6.08 Å². The Morgan fingerprint density at radius 3 is 2.55 bits per heavy atom. The van der Waals surface area contributed by atoms with Gasteiger partial charge in [-0.05, 0) is 54.8 Å². The normalized spacial score (nSPS) is 10.8. The maximum Gasteiger partial charge on any atom is 0.266 e. The van der Waals surface area contributed by atoms with E-state index in [4.69, 9.17) is 9.47 Å². The summed E-state index contributed by atoms with van der Waals surface area (Å²) in [5.41, 5.74) is 4.48. The number of aryl methyl sites for hydroxylation is 2. The lowest BCUT2D eigenvalue weighted by Crippen LogP contribution is -2.14. The number of anilines is 1. The lowest BCUT2D eigenvalue weighted by atomic mass is 10.1. The fourth-order valence-electron chi connectivity index (χ4n) is 3.07. The summed E-state index contributed by atoms with van der Waals surface area (Å²) in [5.74, 6) is 0.651. The lowest BCUT2D eigenvalue weighted by molar-refractivity contribution is -0.112. The Labute approximate surface area is 182 Å². The maximum atomic E-state index is 12.6. The van der Waals surface area contributed by atoms with Crippen LogP contribution in [0.15, 0.2) is 72.3 Å². The Morgan fingerprint density at radius 2 is 1.84 bits per heavy atom. The van der Waals surface area contributed by atoms with Crippen LogP contribution in [-0.2, 0) is 11.4 Å². The Hall–Kier alpha value is -4.04. The molecule has 0 atom stereocenters. The zero-order valence-electron chi connectivity index (χ0n) is 17.8. The van der Waals surface area contributed by atoms with Crippen molar-refractivity contribution in [3.05, 3.63) is 94.6 Å².